The van der Waals surface area contributed by atoms with Crippen molar-refractivity contribution >= 4 is 16.6 Å². The highest BCUT2D eigenvalue weighted by atomic mass is 16.5. The molecule has 0 saturated carbocycles. The molecule has 0 bridgehead atoms. The Morgan fingerprint density at radius 3 is 2.52 bits per heavy atom. The zero-order valence-electron chi connectivity index (χ0n) is 15.3. The number of aliphatic hydroxyl groups is 1. The van der Waals surface area contributed by atoms with Gasteiger partial charge < -0.3 is 19.7 Å². The smallest absolute Gasteiger partial charge is 0.170 e. The van der Waals surface area contributed by atoms with Crippen molar-refractivity contribution in [1.82, 2.24) is 4.98 Å². The van der Waals surface area contributed by atoms with Gasteiger partial charge in [-0.25, -0.2) is 0 Å². The van der Waals surface area contributed by atoms with Gasteiger partial charge in [0.05, 0.1) is 5.69 Å². The summed E-state index contributed by atoms with van der Waals surface area (Å²) in [5, 5.41) is 12.3. The van der Waals surface area contributed by atoms with E-state index < -0.39 is 5.72 Å². The maximum Gasteiger partial charge on any atom is 0.170 e. The van der Waals surface area contributed by atoms with Gasteiger partial charge in [-0.2, -0.15) is 0 Å². The number of para-hydroxylation sites is 2. The lowest BCUT2D eigenvalue weighted by atomic mass is 10.1. The van der Waals surface area contributed by atoms with Crippen LogP contribution in [0.3, 0.4) is 0 Å². The molecule has 0 amide bonds. The molecule has 0 spiro atoms. The van der Waals surface area contributed by atoms with Gasteiger partial charge in [-0.05, 0) is 45.4 Å². The van der Waals surface area contributed by atoms with Crippen molar-refractivity contribution < 1.29 is 9.84 Å². The normalized spacial score (nSPS) is 13.8. The van der Waals surface area contributed by atoms with Crippen molar-refractivity contribution in [2.45, 2.75) is 39.5 Å². The number of aryl methyl sites for hydroxylation is 1. The van der Waals surface area contributed by atoms with Crippen LogP contribution in [0.1, 0.15) is 26.3 Å². The largest absolute Gasteiger partial charge is 0.488 e. The predicted molar refractivity (Wildman–Crippen MR) is 103 cm³/mol. The third-order valence-electron chi connectivity index (χ3n) is 4.46. The Bertz CT molecular complexity index is 852. The van der Waals surface area contributed by atoms with Gasteiger partial charge in [-0.3, -0.25) is 0 Å². The SMILES string of the molecule is Cc1ccccc1OCC(C)(O)N(c1c[nH]c2ccccc12)C(C)C. The number of hydrogen-bond donors (Lipinski definition) is 2. The Morgan fingerprint density at radius 1 is 1.12 bits per heavy atom. The zero-order valence-corrected chi connectivity index (χ0v) is 15.3. The Labute approximate surface area is 149 Å². The number of nitrogens with zero attached hydrogens (tertiary/aromatic N) is 1. The van der Waals surface area contributed by atoms with Crippen molar-refractivity contribution in [1.29, 1.82) is 0 Å². The molecule has 1 heterocycles. The van der Waals surface area contributed by atoms with Crippen molar-refractivity contribution in [2.75, 3.05) is 11.5 Å². The number of anilines is 1. The van der Waals surface area contributed by atoms with E-state index >= 15 is 0 Å². The number of hydrogen-bond acceptors (Lipinski definition) is 3. The minimum Gasteiger partial charge on any atom is -0.488 e. The molecule has 132 valence electrons. The van der Waals surface area contributed by atoms with Crippen LogP contribution in [-0.2, 0) is 0 Å². The van der Waals surface area contributed by atoms with E-state index in [2.05, 4.69) is 24.9 Å². The maximum atomic E-state index is 11.2. The molecule has 3 aromatic rings. The second-order valence-electron chi connectivity index (χ2n) is 6.95. The number of rotatable bonds is 6. The Hall–Kier alpha value is -2.46. The maximum absolute atomic E-state index is 11.2. The summed E-state index contributed by atoms with van der Waals surface area (Å²) in [6.07, 6.45) is 1.95. The van der Waals surface area contributed by atoms with E-state index in [0.29, 0.717) is 0 Å². The molecule has 0 aliphatic heterocycles. The molecule has 0 radical (unpaired) electrons. The number of ether oxygens (including phenoxy) is 1. The fourth-order valence-electron chi connectivity index (χ4n) is 3.35. The summed E-state index contributed by atoms with van der Waals surface area (Å²) in [6, 6.07) is 16.1. The van der Waals surface area contributed by atoms with Gasteiger partial charge in [0.15, 0.2) is 5.72 Å². The number of aromatic amines is 1. The van der Waals surface area contributed by atoms with Crippen LogP contribution in [0.15, 0.2) is 54.7 Å². The van der Waals surface area contributed by atoms with E-state index in [4.69, 9.17) is 4.74 Å². The lowest BCUT2D eigenvalue weighted by molar-refractivity contribution is 0.00382. The van der Waals surface area contributed by atoms with Crippen molar-refractivity contribution in [3.05, 3.63) is 60.3 Å². The van der Waals surface area contributed by atoms with Crippen LogP contribution < -0.4 is 9.64 Å². The summed E-state index contributed by atoms with van der Waals surface area (Å²) in [5.74, 6) is 0.797. The molecule has 0 aliphatic rings. The second kappa shape index (κ2) is 6.81. The predicted octanol–water partition coefficient (Wildman–Crippen LogP) is 4.48. The summed E-state index contributed by atoms with van der Waals surface area (Å²) in [4.78, 5) is 5.29. The van der Waals surface area contributed by atoms with E-state index in [9.17, 15) is 5.11 Å². The molecule has 25 heavy (non-hydrogen) atoms. The third kappa shape index (κ3) is 3.49. The first-order valence-corrected chi connectivity index (χ1v) is 8.66. The molecule has 1 unspecified atom stereocenters. The quantitative estimate of drug-likeness (QED) is 0.652. The van der Waals surface area contributed by atoms with E-state index in [1.807, 2.05) is 60.5 Å². The molecule has 0 aliphatic carbocycles. The number of nitrogens with one attached hydrogen (secondary N) is 1. The van der Waals surface area contributed by atoms with Crippen LogP contribution in [0.2, 0.25) is 0 Å². The molecular formula is C21H26N2O2. The van der Waals surface area contributed by atoms with E-state index in [1.54, 1.807) is 6.92 Å². The second-order valence-corrected chi connectivity index (χ2v) is 6.95. The fourth-order valence-corrected chi connectivity index (χ4v) is 3.35. The Balaban J connectivity index is 1.90. The first-order valence-electron chi connectivity index (χ1n) is 8.66. The summed E-state index contributed by atoms with van der Waals surface area (Å²) in [7, 11) is 0. The summed E-state index contributed by atoms with van der Waals surface area (Å²) < 4.78 is 5.94. The number of aromatic nitrogens is 1. The zero-order chi connectivity index (χ0) is 18.0. The van der Waals surface area contributed by atoms with E-state index in [-0.39, 0.29) is 12.6 Å². The van der Waals surface area contributed by atoms with Gasteiger partial charge in [0.2, 0.25) is 0 Å². The number of benzene rings is 2. The summed E-state index contributed by atoms with van der Waals surface area (Å²) in [6.45, 7) is 8.13. The highest BCUT2D eigenvalue weighted by Crippen LogP contribution is 2.33. The van der Waals surface area contributed by atoms with Crippen LogP contribution in [0.25, 0.3) is 10.9 Å². The Morgan fingerprint density at radius 2 is 1.80 bits per heavy atom. The van der Waals surface area contributed by atoms with E-state index in [0.717, 1.165) is 27.9 Å². The van der Waals surface area contributed by atoms with Gasteiger partial charge in [0.1, 0.15) is 12.4 Å². The molecule has 4 heteroatoms. The third-order valence-corrected chi connectivity index (χ3v) is 4.46. The van der Waals surface area contributed by atoms with Crippen molar-refractivity contribution in [3.8, 4) is 5.75 Å². The van der Waals surface area contributed by atoms with Crippen LogP contribution >= 0.6 is 0 Å². The molecule has 1 atom stereocenters. The van der Waals surface area contributed by atoms with Gasteiger partial charge >= 0.3 is 0 Å². The lowest BCUT2D eigenvalue weighted by Crippen LogP contribution is -2.54. The average molecular weight is 338 g/mol. The lowest BCUT2D eigenvalue weighted by Gasteiger charge is -2.41. The Kier molecular flexibility index (Phi) is 4.73. The molecule has 0 fully saturated rings. The molecule has 3 rings (SSSR count). The van der Waals surface area contributed by atoms with E-state index in [1.165, 1.54) is 0 Å². The van der Waals surface area contributed by atoms with Crippen LogP contribution in [0.5, 0.6) is 5.75 Å². The van der Waals surface area contributed by atoms with Crippen LogP contribution in [0.4, 0.5) is 5.69 Å². The molecule has 0 saturated heterocycles. The first-order chi connectivity index (χ1) is 11.9. The molecular weight excluding hydrogens is 312 g/mol. The van der Waals surface area contributed by atoms with Gasteiger partial charge in [0, 0.05) is 23.1 Å². The van der Waals surface area contributed by atoms with Crippen molar-refractivity contribution in [3.63, 3.8) is 0 Å². The van der Waals surface area contributed by atoms with Gasteiger partial charge in [-0.15, -0.1) is 0 Å². The van der Waals surface area contributed by atoms with Crippen molar-refractivity contribution in [2.24, 2.45) is 0 Å². The summed E-state index contributed by atoms with van der Waals surface area (Å²) in [5.41, 5.74) is 1.94. The highest BCUT2D eigenvalue weighted by molar-refractivity contribution is 5.93. The molecule has 1 aromatic heterocycles. The van der Waals surface area contributed by atoms with Gasteiger partial charge in [-0.1, -0.05) is 36.4 Å². The molecule has 2 aromatic carbocycles. The standard InChI is InChI=1S/C21H26N2O2/c1-15(2)23(19-13-22-18-11-7-6-10-17(18)19)21(4,24)14-25-20-12-8-5-9-16(20)3/h5-13,15,22,24H,14H2,1-4H3. The van der Waals surface area contributed by atoms with Gasteiger partial charge in [0.25, 0.3) is 0 Å². The highest BCUT2D eigenvalue weighted by Gasteiger charge is 2.34. The average Bonchev–Trinajstić information content (AvgIpc) is 2.97. The topological polar surface area (TPSA) is 48.5 Å². The number of fused-ring (bicyclic) bond motifs is 1. The van der Waals surface area contributed by atoms with Crippen LogP contribution in [-0.4, -0.2) is 28.5 Å². The number of H-pyrrole nitrogens is 1. The first kappa shape index (κ1) is 17.4. The minimum atomic E-state index is -1.15. The molecule has 2 N–H and O–H groups in total. The minimum absolute atomic E-state index is 0.106. The fraction of sp³-hybridized carbons (Fsp3) is 0.333. The summed E-state index contributed by atoms with van der Waals surface area (Å²) >= 11 is 0. The monoisotopic (exact) mass is 338 g/mol. The molecule has 4 nitrogen and oxygen atoms in total. The van der Waals surface area contributed by atoms with Crippen LogP contribution in [0, 0.1) is 6.92 Å².